The third kappa shape index (κ3) is 42.9. The van der Waals surface area contributed by atoms with Gasteiger partial charge in [0.05, 0.1) is 32.0 Å². The van der Waals surface area contributed by atoms with Crippen molar-refractivity contribution in [3.8, 4) is 0 Å². The molecule has 2 aliphatic rings. The topological polar surface area (TPSA) is 228 Å². The highest BCUT2D eigenvalue weighted by Crippen LogP contribution is 2.30. The van der Waals surface area contributed by atoms with Gasteiger partial charge in [0.1, 0.15) is 48.8 Å². The number of rotatable bonds is 64. The predicted molar refractivity (Wildman–Crippen MR) is 360 cm³/mol. The molecule has 9 N–H and O–H groups in total. The Balaban J connectivity index is 1.62. The van der Waals surface area contributed by atoms with Crippen LogP contribution in [0, 0.1) is 0 Å². The molecule has 14 heteroatoms. The second-order valence-electron chi connectivity index (χ2n) is 27.1. The summed E-state index contributed by atoms with van der Waals surface area (Å²) in [5.41, 5.74) is 0. The van der Waals surface area contributed by atoms with Crippen molar-refractivity contribution in [1.29, 1.82) is 0 Å². The number of unbranched alkanes of at least 4 members (excludes halogenated alkanes) is 51. The van der Waals surface area contributed by atoms with Gasteiger partial charge in [-0.25, -0.2) is 0 Å². The minimum atomic E-state index is -1.79. The molecule has 14 nitrogen and oxygen atoms in total. The van der Waals surface area contributed by atoms with Crippen LogP contribution >= 0.6 is 0 Å². The Labute approximate surface area is 539 Å². The molecular formula is C74H143NO13. The molecule has 2 rings (SSSR count). The molecule has 0 aromatic heterocycles. The lowest BCUT2D eigenvalue weighted by Crippen LogP contribution is -2.65. The lowest BCUT2D eigenvalue weighted by atomic mass is 9.97. The van der Waals surface area contributed by atoms with E-state index < -0.39 is 86.8 Å². The number of aliphatic hydroxyl groups is 8. The maximum absolute atomic E-state index is 13.4. The molecular weight excluding hydrogens is 1110 g/mol. The number of aliphatic hydroxyl groups excluding tert-OH is 8. The first-order chi connectivity index (χ1) is 43.1. The van der Waals surface area contributed by atoms with Gasteiger partial charge in [0.2, 0.25) is 5.91 Å². The molecule has 0 aromatic rings. The van der Waals surface area contributed by atoms with E-state index in [-0.39, 0.29) is 18.9 Å². The Morgan fingerprint density at radius 1 is 0.398 bits per heavy atom. The molecule has 0 saturated carbocycles. The average Bonchev–Trinajstić information content (AvgIpc) is 2.92. The van der Waals surface area contributed by atoms with Gasteiger partial charge in [-0.15, -0.1) is 0 Å². The molecule has 0 bridgehead atoms. The summed E-state index contributed by atoms with van der Waals surface area (Å²) in [5, 5.41) is 87.5. The van der Waals surface area contributed by atoms with E-state index in [1.807, 2.05) is 6.08 Å². The normalized spacial score (nSPS) is 23.1. The zero-order valence-corrected chi connectivity index (χ0v) is 57.0. The first-order valence-electron chi connectivity index (χ1n) is 37.9. The lowest BCUT2D eigenvalue weighted by Gasteiger charge is -2.46. The molecule has 522 valence electrons. The molecule has 2 fully saturated rings. The first kappa shape index (κ1) is 82.8. The summed E-state index contributed by atoms with van der Waals surface area (Å²) < 4.78 is 22.9. The maximum atomic E-state index is 13.4. The molecule has 0 spiro atoms. The van der Waals surface area contributed by atoms with E-state index in [0.717, 1.165) is 44.9 Å². The molecule has 0 aliphatic carbocycles. The molecule has 1 amide bonds. The van der Waals surface area contributed by atoms with E-state index in [1.54, 1.807) is 6.08 Å². The molecule has 0 aromatic carbocycles. The van der Waals surface area contributed by atoms with Crippen LogP contribution in [0.25, 0.3) is 0 Å². The number of ether oxygens (including phenoxy) is 4. The van der Waals surface area contributed by atoms with E-state index in [4.69, 9.17) is 18.9 Å². The van der Waals surface area contributed by atoms with Crippen LogP contribution in [0.3, 0.4) is 0 Å². The van der Waals surface area contributed by atoms with Crippen LogP contribution in [0.15, 0.2) is 12.2 Å². The van der Waals surface area contributed by atoms with Gasteiger partial charge in [0.15, 0.2) is 12.6 Å². The van der Waals surface area contributed by atoms with Gasteiger partial charge < -0.3 is 65.1 Å². The summed E-state index contributed by atoms with van der Waals surface area (Å²) in [4.78, 5) is 13.4. The summed E-state index contributed by atoms with van der Waals surface area (Å²) >= 11 is 0. The monoisotopic (exact) mass is 1250 g/mol. The third-order valence-corrected chi connectivity index (χ3v) is 19.0. The van der Waals surface area contributed by atoms with Crippen molar-refractivity contribution in [3.05, 3.63) is 12.2 Å². The number of amides is 1. The Morgan fingerprint density at radius 2 is 0.705 bits per heavy atom. The zero-order valence-electron chi connectivity index (χ0n) is 57.0. The third-order valence-electron chi connectivity index (χ3n) is 19.0. The Morgan fingerprint density at radius 3 is 1.05 bits per heavy atom. The van der Waals surface area contributed by atoms with Crippen LogP contribution in [-0.4, -0.2) is 140 Å². The van der Waals surface area contributed by atoms with Gasteiger partial charge in [-0.2, -0.15) is 0 Å². The minimum Gasteiger partial charge on any atom is -0.394 e. The first-order valence-corrected chi connectivity index (χ1v) is 37.9. The van der Waals surface area contributed by atoms with Crippen molar-refractivity contribution in [1.82, 2.24) is 5.32 Å². The molecule has 2 heterocycles. The van der Waals surface area contributed by atoms with Gasteiger partial charge in [0.25, 0.3) is 0 Å². The fourth-order valence-corrected chi connectivity index (χ4v) is 12.9. The van der Waals surface area contributed by atoms with E-state index in [9.17, 15) is 45.6 Å². The van der Waals surface area contributed by atoms with E-state index in [2.05, 4.69) is 19.2 Å². The SMILES string of the molecule is CCCCCCCCCCCCCCCCCCCCCC/C=C/C(O)C(COC1OC(CO)C(OC2OC(CO)C(O)C(O)C2O)C(O)C1O)NC(=O)CCCCCCCCCCCCCCCCCCCCCCCCCCCCCCCCCC. The van der Waals surface area contributed by atoms with Gasteiger partial charge in [-0.1, -0.05) is 347 Å². The summed E-state index contributed by atoms with van der Waals surface area (Å²) in [6.07, 6.45) is 57.1. The van der Waals surface area contributed by atoms with Crippen molar-refractivity contribution >= 4 is 5.91 Å². The number of allylic oxidation sites excluding steroid dienone is 1. The van der Waals surface area contributed by atoms with Gasteiger partial charge >= 0.3 is 0 Å². The summed E-state index contributed by atoms with van der Waals surface area (Å²) in [6, 6.07) is -0.911. The average molecular weight is 1250 g/mol. The fraction of sp³-hybridized carbons (Fsp3) is 0.959. The van der Waals surface area contributed by atoms with E-state index in [0.29, 0.717) is 0 Å². The molecule has 12 atom stereocenters. The van der Waals surface area contributed by atoms with Crippen LogP contribution in [0.2, 0.25) is 0 Å². The van der Waals surface area contributed by atoms with Crippen LogP contribution in [0.4, 0.5) is 0 Å². The predicted octanol–water partition coefficient (Wildman–Crippen LogP) is 16.1. The fourth-order valence-electron chi connectivity index (χ4n) is 12.9. The van der Waals surface area contributed by atoms with Crippen molar-refractivity contribution in [2.24, 2.45) is 0 Å². The van der Waals surface area contributed by atoms with E-state index >= 15 is 0 Å². The van der Waals surface area contributed by atoms with Gasteiger partial charge in [-0.3, -0.25) is 4.79 Å². The van der Waals surface area contributed by atoms with Crippen molar-refractivity contribution in [2.45, 2.75) is 434 Å². The van der Waals surface area contributed by atoms with Crippen LogP contribution in [0.5, 0.6) is 0 Å². The Kier molecular flexibility index (Phi) is 56.0. The second kappa shape index (κ2) is 59.5. The number of hydrogen-bond acceptors (Lipinski definition) is 13. The summed E-state index contributed by atoms with van der Waals surface area (Å²) in [7, 11) is 0. The molecule has 2 aliphatic heterocycles. The standard InChI is InChI=1S/C74H143NO13/c1-3-5-7-9-11-13-15-17-19-21-23-25-27-28-29-30-31-32-33-34-35-36-38-40-42-44-46-48-50-52-54-56-58-66(79)75-62(61-85-73-71(84)69(82)72(65(60-77)87-73)88-74-70(83)68(81)67(80)64(59-76)86-74)63(78)57-55-53-51-49-47-45-43-41-39-37-26-24-22-20-18-16-14-12-10-8-6-4-2/h55,57,62-65,67-74,76-78,80-84H,3-54,56,58-61H2,1-2H3,(H,75,79)/b57-55+. The van der Waals surface area contributed by atoms with E-state index in [1.165, 1.54) is 295 Å². The summed E-state index contributed by atoms with van der Waals surface area (Å²) in [6.45, 7) is 2.87. The van der Waals surface area contributed by atoms with Gasteiger partial charge in [0, 0.05) is 6.42 Å². The molecule has 12 unspecified atom stereocenters. The van der Waals surface area contributed by atoms with Gasteiger partial charge in [-0.05, 0) is 19.3 Å². The largest absolute Gasteiger partial charge is 0.394 e. The minimum absolute atomic E-state index is 0.230. The summed E-state index contributed by atoms with van der Waals surface area (Å²) in [5.74, 6) is -0.230. The number of hydrogen-bond donors (Lipinski definition) is 9. The highest BCUT2D eigenvalue weighted by molar-refractivity contribution is 5.76. The molecule has 0 radical (unpaired) electrons. The Bertz CT molecular complexity index is 1520. The second-order valence-corrected chi connectivity index (χ2v) is 27.1. The highest BCUT2D eigenvalue weighted by atomic mass is 16.7. The smallest absolute Gasteiger partial charge is 0.220 e. The lowest BCUT2D eigenvalue weighted by molar-refractivity contribution is -0.359. The van der Waals surface area contributed by atoms with Crippen LogP contribution in [-0.2, 0) is 23.7 Å². The molecule has 2 saturated heterocycles. The maximum Gasteiger partial charge on any atom is 0.220 e. The quantitative estimate of drug-likeness (QED) is 0.0204. The van der Waals surface area contributed by atoms with Crippen LogP contribution in [0.1, 0.15) is 361 Å². The number of carbonyl (C=O) groups excluding carboxylic acids is 1. The number of nitrogens with one attached hydrogen (secondary N) is 1. The van der Waals surface area contributed by atoms with Crippen molar-refractivity contribution in [3.63, 3.8) is 0 Å². The van der Waals surface area contributed by atoms with Crippen molar-refractivity contribution in [2.75, 3.05) is 19.8 Å². The van der Waals surface area contributed by atoms with Crippen LogP contribution < -0.4 is 5.32 Å². The Hall–Kier alpha value is -1.27. The molecule has 88 heavy (non-hydrogen) atoms. The number of carbonyl (C=O) groups is 1. The highest BCUT2D eigenvalue weighted by Gasteiger charge is 2.51. The van der Waals surface area contributed by atoms with Crippen molar-refractivity contribution < 1.29 is 64.6 Å². The zero-order chi connectivity index (χ0) is 63.8.